The van der Waals surface area contributed by atoms with Crippen molar-refractivity contribution in [3.05, 3.63) is 24.0 Å². The van der Waals surface area contributed by atoms with Gasteiger partial charge in [0.2, 0.25) is 0 Å². The molecular formula is C15H20FNO2. The van der Waals surface area contributed by atoms with Crippen molar-refractivity contribution in [2.45, 2.75) is 50.2 Å². The second kappa shape index (κ2) is 5.00. The molecule has 3 nitrogen and oxygen atoms in total. The van der Waals surface area contributed by atoms with Gasteiger partial charge >= 0.3 is 0 Å². The Morgan fingerprint density at radius 3 is 2.84 bits per heavy atom. The van der Waals surface area contributed by atoms with Crippen LogP contribution in [0.25, 0.3) is 0 Å². The fourth-order valence-corrected chi connectivity index (χ4v) is 3.19. The Labute approximate surface area is 112 Å². The van der Waals surface area contributed by atoms with Gasteiger partial charge < -0.3 is 15.2 Å². The minimum Gasteiger partial charge on any atom is -0.491 e. The van der Waals surface area contributed by atoms with E-state index in [2.05, 4.69) is 0 Å². The van der Waals surface area contributed by atoms with Crippen LogP contribution >= 0.6 is 0 Å². The minimum absolute atomic E-state index is 0.125. The molecule has 1 saturated heterocycles. The van der Waals surface area contributed by atoms with Crippen LogP contribution in [0.1, 0.15) is 38.5 Å². The largest absolute Gasteiger partial charge is 0.491 e. The number of hydrogen-bond donors (Lipinski definition) is 1. The minimum atomic E-state index is -0.433. The number of hydrogen-bond acceptors (Lipinski definition) is 3. The van der Waals surface area contributed by atoms with Crippen LogP contribution in [0, 0.1) is 5.82 Å². The predicted octanol–water partition coefficient (Wildman–Crippen LogP) is 3.28. The molecule has 1 heterocycles. The average Bonchev–Trinajstić information content (AvgIpc) is 3.02. The molecule has 0 amide bonds. The standard InChI is InChI=1S/C15H20FNO2/c16-13-9-11(3-4-14(13)17)18-10-12-5-8-15(19-12)6-1-2-7-15/h3-4,9,12H,1-2,5-8,10,17H2. The number of rotatable bonds is 3. The number of nitrogens with two attached hydrogens (primary N) is 1. The molecule has 19 heavy (non-hydrogen) atoms. The van der Waals surface area contributed by atoms with Crippen molar-refractivity contribution in [1.29, 1.82) is 0 Å². The van der Waals surface area contributed by atoms with Gasteiger partial charge in [0.05, 0.1) is 17.4 Å². The lowest BCUT2D eigenvalue weighted by molar-refractivity contribution is -0.0509. The molecule has 1 atom stereocenters. The molecule has 0 aromatic heterocycles. The van der Waals surface area contributed by atoms with Crippen LogP contribution in [0.15, 0.2) is 18.2 Å². The van der Waals surface area contributed by atoms with Gasteiger partial charge in [0.15, 0.2) is 0 Å². The Morgan fingerprint density at radius 1 is 1.32 bits per heavy atom. The summed E-state index contributed by atoms with van der Waals surface area (Å²) < 4.78 is 25.0. The van der Waals surface area contributed by atoms with Gasteiger partial charge in [-0.25, -0.2) is 4.39 Å². The van der Waals surface area contributed by atoms with E-state index in [9.17, 15) is 4.39 Å². The van der Waals surface area contributed by atoms with E-state index in [0.717, 1.165) is 12.8 Å². The van der Waals surface area contributed by atoms with Gasteiger partial charge in [0.1, 0.15) is 18.2 Å². The van der Waals surface area contributed by atoms with Crippen molar-refractivity contribution in [2.75, 3.05) is 12.3 Å². The zero-order valence-corrected chi connectivity index (χ0v) is 11.0. The van der Waals surface area contributed by atoms with Crippen molar-refractivity contribution < 1.29 is 13.9 Å². The van der Waals surface area contributed by atoms with E-state index in [0.29, 0.717) is 12.4 Å². The number of nitrogen functional groups attached to an aromatic ring is 1. The molecule has 1 aromatic rings. The highest BCUT2D eigenvalue weighted by molar-refractivity contribution is 5.43. The SMILES string of the molecule is Nc1ccc(OCC2CCC3(CCCC3)O2)cc1F. The summed E-state index contributed by atoms with van der Waals surface area (Å²) in [6.07, 6.45) is 7.22. The molecular weight excluding hydrogens is 245 g/mol. The molecule has 2 aliphatic rings. The van der Waals surface area contributed by atoms with Crippen LogP contribution in [-0.4, -0.2) is 18.3 Å². The van der Waals surface area contributed by atoms with Crippen molar-refractivity contribution in [3.63, 3.8) is 0 Å². The average molecular weight is 265 g/mol. The molecule has 3 rings (SSSR count). The third-order valence-electron chi connectivity index (χ3n) is 4.26. The molecule has 1 unspecified atom stereocenters. The molecule has 2 fully saturated rings. The maximum absolute atomic E-state index is 13.3. The quantitative estimate of drug-likeness (QED) is 0.853. The van der Waals surface area contributed by atoms with Crippen LogP contribution < -0.4 is 10.5 Å². The zero-order valence-electron chi connectivity index (χ0n) is 11.0. The molecule has 4 heteroatoms. The van der Waals surface area contributed by atoms with E-state index in [1.165, 1.54) is 37.8 Å². The van der Waals surface area contributed by atoms with Crippen molar-refractivity contribution in [2.24, 2.45) is 0 Å². The summed E-state index contributed by atoms with van der Waals surface area (Å²) in [5.74, 6) is 0.0831. The fourth-order valence-electron chi connectivity index (χ4n) is 3.19. The highest BCUT2D eigenvalue weighted by atomic mass is 19.1. The second-order valence-corrected chi connectivity index (χ2v) is 5.66. The number of halogens is 1. The topological polar surface area (TPSA) is 44.5 Å². The lowest BCUT2D eigenvalue weighted by atomic mass is 9.98. The predicted molar refractivity (Wildman–Crippen MR) is 71.6 cm³/mol. The fraction of sp³-hybridized carbons (Fsp3) is 0.600. The highest BCUT2D eigenvalue weighted by Gasteiger charge is 2.42. The first-order valence-electron chi connectivity index (χ1n) is 7.03. The second-order valence-electron chi connectivity index (χ2n) is 5.66. The van der Waals surface area contributed by atoms with E-state index in [1.54, 1.807) is 6.07 Å². The van der Waals surface area contributed by atoms with Gasteiger partial charge in [-0.15, -0.1) is 0 Å². The molecule has 1 aliphatic heterocycles. The molecule has 2 N–H and O–H groups in total. The molecule has 1 spiro atoms. The van der Waals surface area contributed by atoms with Crippen LogP contribution in [0.2, 0.25) is 0 Å². The molecule has 1 aliphatic carbocycles. The van der Waals surface area contributed by atoms with Gasteiger partial charge in [-0.1, -0.05) is 12.8 Å². The van der Waals surface area contributed by atoms with Gasteiger partial charge in [-0.3, -0.25) is 0 Å². The summed E-state index contributed by atoms with van der Waals surface area (Å²) in [5, 5.41) is 0. The first-order valence-corrected chi connectivity index (χ1v) is 7.03. The summed E-state index contributed by atoms with van der Waals surface area (Å²) >= 11 is 0. The first kappa shape index (κ1) is 12.7. The Hall–Kier alpha value is -1.29. The Kier molecular flexibility index (Phi) is 3.35. The Morgan fingerprint density at radius 2 is 2.11 bits per heavy atom. The normalized spacial score (nSPS) is 25.0. The van der Waals surface area contributed by atoms with Crippen LogP contribution in [-0.2, 0) is 4.74 Å². The maximum atomic E-state index is 13.3. The summed E-state index contributed by atoms with van der Waals surface area (Å²) in [4.78, 5) is 0. The summed E-state index contributed by atoms with van der Waals surface area (Å²) in [6.45, 7) is 0.491. The zero-order chi connectivity index (χ0) is 13.3. The first-order chi connectivity index (χ1) is 9.17. The van der Waals surface area contributed by atoms with Gasteiger partial charge in [-0.05, 0) is 37.8 Å². The molecule has 1 saturated carbocycles. The summed E-state index contributed by atoms with van der Waals surface area (Å²) in [7, 11) is 0. The number of benzene rings is 1. The van der Waals surface area contributed by atoms with Crippen LogP contribution in [0.4, 0.5) is 10.1 Å². The van der Waals surface area contributed by atoms with E-state index < -0.39 is 5.82 Å². The third kappa shape index (κ3) is 2.68. The monoisotopic (exact) mass is 265 g/mol. The van der Waals surface area contributed by atoms with Crippen molar-refractivity contribution in [3.8, 4) is 5.75 Å². The molecule has 0 bridgehead atoms. The molecule has 0 radical (unpaired) electrons. The Balaban J connectivity index is 1.54. The van der Waals surface area contributed by atoms with Crippen LogP contribution in [0.5, 0.6) is 5.75 Å². The van der Waals surface area contributed by atoms with Crippen molar-refractivity contribution in [1.82, 2.24) is 0 Å². The molecule has 104 valence electrons. The smallest absolute Gasteiger partial charge is 0.149 e. The highest BCUT2D eigenvalue weighted by Crippen LogP contribution is 2.43. The van der Waals surface area contributed by atoms with E-state index in [4.69, 9.17) is 15.2 Å². The summed E-state index contributed by atoms with van der Waals surface area (Å²) in [6, 6.07) is 4.55. The number of ether oxygens (including phenoxy) is 2. The van der Waals surface area contributed by atoms with Crippen molar-refractivity contribution >= 4 is 5.69 Å². The van der Waals surface area contributed by atoms with Gasteiger partial charge in [0.25, 0.3) is 0 Å². The maximum Gasteiger partial charge on any atom is 0.149 e. The summed E-state index contributed by atoms with van der Waals surface area (Å²) in [5.41, 5.74) is 5.70. The number of anilines is 1. The lowest BCUT2D eigenvalue weighted by Crippen LogP contribution is -2.27. The van der Waals surface area contributed by atoms with Gasteiger partial charge in [0, 0.05) is 6.07 Å². The van der Waals surface area contributed by atoms with E-state index in [-0.39, 0.29) is 17.4 Å². The van der Waals surface area contributed by atoms with E-state index in [1.807, 2.05) is 0 Å². The Bertz CT molecular complexity index is 457. The van der Waals surface area contributed by atoms with Gasteiger partial charge in [-0.2, -0.15) is 0 Å². The third-order valence-corrected chi connectivity index (χ3v) is 4.26. The van der Waals surface area contributed by atoms with Crippen LogP contribution in [0.3, 0.4) is 0 Å². The van der Waals surface area contributed by atoms with E-state index >= 15 is 0 Å². The molecule has 1 aromatic carbocycles. The lowest BCUT2D eigenvalue weighted by Gasteiger charge is -2.23.